The third-order valence-corrected chi connectivity index (χ3v) is 4.78. The molecule has 3 heterocycles. The van der Waals surface area contributed by atoms with E-state index in [9.17, 15) is 14.4 Å². The molecule has 0 spiro atoms. The van der Waals surface area contributed by atoms with E-state index in [0.717, 1.165) is 10.2 Å². The van der Waals surface area contributed by atoms with Crippen molar-refractivity contribution in [3.8, 4) is 22.7 Å². The van der Waals surface area contributed by atoms with Gasteiger partial charge in [0.25, 0.3) is 17.0 Å². The van der Waals surface area contributed by atoms with Crippen molar-refractivity contribution in [2.75, 3.05) is 5.32 Å². The first-order chi connectivity index (χ1) is 14.8. The molecule has 3 aromatic heterocycles. The number of nitrogens with zero attached hydrogens (tertiary/aromatic N) is 3. The third kappa shape index (κ3) is 4.06. The van der Waals surface area contributed by atoms with Gasteiger partial charge in [-0.25, -0.2) is 9.78 Å². The zero-order valence-electron chi connectivity index (χ0n) is 16.8. The Hall–Kier alpha value is -4.27. The van der Waals surface area contributed by atoms with Crippen molar-refractivity contribution in [1.29, 1.82) is 0 Å². The number of hydrogen-bond acceptors (Lipinski definition) is 6. The Labute approximate surface area is 176 Å². The van der Waals surface area contributed by atoms with Gasteiger partial charge in [-0.1, -0.05) is 12.1 Å². The maximum atomic E-state index is 13.0. The molecule has 4 rings (SSSR count). The third-order valence-electron chi connectivity index (χ3n) is 4.78. The molecule has 0 atom stereocenters. The first-order valence-electron chi connectivity index (χ1n) is 9.47. The summed E-state index contributed by atoms with van der Waals surface area (Å²) < 4.78 is 6.47. The molecule has 0 aliphatic rings. The number of aromatic amines is 1. The van der Waals surface area contributed by atoms with Gasteiger partial charge in [-0.15, -0.1) is 0 Å². The topological polar surface area (TPSA) is 123 Å². The number of amides is 1. The lowest BCUT2D eigenvalue weighted by atomic mass is 10.0. The van der Waals surface area contributed by atoms with Gasteiger partial charge in [0.1, 0.15) is 11.2 Å². The summed E-state index contributed by atoms with van der Waals surface area (Å²) in [7, 11) is 0. The Kier molecular flexibility index (Phi) is 5.08. The van der Waals surface area contributed by atoms with Crippen LogP contribution in [0.5, 0.6) is 0 Å². The van der Waals surface area contributed by atoms with Crippen molar-refractivity contribution in [1.82, 2.24) is 20.0 Å². The maximum Gasteiger partial charge on any atom is 0.267 e. The monoisotopic (exact) mass is 417 g/mol. The lowest BCUT2D eigenvalue weighted by Crippen LogP contribution is -2.47. The number of hydrogen-bond donors (Lipinski definition) is 2. The van der Waals surface area contributed by atoms with Crippen LogP contribution in [-0.4, -0.2) is 25.9 Å². The molecule has 0 fully saturated rings. The highest BCUT2D eigenvalue weighted by Gasteiger charge is 2.32. The summed E-state index contributed by atoms with van der Waals surface area (Å²) in [5.41, 5.74) is 0.411. The second-order valence-electron chi connectivity index (χ2n) is 7.34. The first-order valence-corrected chi connectivity index (χ1v) is 9.47. The number of furan rings is 1. The molecule has 0 unspecified atom stereocenters. The van der Waals surface area contributed by atoms with Gasteiger partial charge < -0.3 is 9.73 Å². The van der Waals surface area contributed by atoms with E-state index in [1.54, 1.807) is 62.4 Å². The van der Waals surface area contributed by atoms with Crippen molar-refractivity contribution >= 4 is 11.6 Å². The number of benzene rings is 1. The molecule has 1 aromatic carbocycles. The van der Waals surface area contributed by atoms with Crippen molar-refractivity contribution in [2.24, 2.45) is 0 Å². The fourth-order valence-corrected chi connectivity index (χ4v) is 2.98. The summed E-state index contributed by atoms with van der Waals surface area (Å²) in [5.74, 6) is 0.0880. The SMILES string of the molecule is CC(C)(C(=O)Nc1ccc(-c2ccc(=O)[nH]n2)cc1)n1nc(-c2ccco2)ccc1=O. The van der Waals surface area contributed by atoms with Gasteiger partial charge in [0, 0.05) is 23.4 Å². The van der Waals surface area contributed by atoms with Crippen molar-refractivity contribution in [3.63, 3.8) is 0 Å². The lowest BCUT2D eigenvalue weighted by Gasteiger charge is -2.25. The molecule has 2 N–H and O–H groups in total. The summed E-state index contributed by atoms with van der Waals surface area (Å²) in [6.45, 7) is 3.22. The fraction of sp³-hybridized carbons (Fsp3) is 0.136. The van der Waals surface area contributed by atoms with E-state index in [1.807, 2.05) is 0 Å². The first kappa shape index (κ1) is 20.0. The van der Waals surface area contributed by atoms with Crippen LogP contribution in [0.15, 0.2) is 80.9 Å². The quantitative estimate of drug-likeness (QED) is 0.515. The predicted octanol–water partition coefficient (Wildman–Crippen LogP) is 2.63. The molecule has 0 bridgehead atoms. The van der Waals surface area contributed by atoms with Crippen molar-refractivity contribution < 1.29 is 9.21 Å². The number of rotatable bonds is 5. The standard InChI is InChI=1S/C22H19N5O4/c1-22(2,27-20(29)12-10-17(26-27)18-4-3-13-31-18)21(30)23-15-7-5-14(6-8-15)16-9-11-19(28)25-24-16/h3-13H,1-2H3,(H,23,30)(H,25,28). The second kappa shape index (κ2) is 7.86. The van der Waals surface area contributed by atoms with Gasteiger partial charge in [0.15, 0.2) is 5.76 Å². The number of H-pyrrole nitrogens is 1. The molecule has 0 radical (unpaired) electrons. The van der Waals surface area contributed by atoms with Gasteiger partial charge in [-0.05, 0) is 50.2 Å². The minimum Gasteiger partial charge on any atom is -0.463 e. The molecule has 9 nitrogen and oxygen atoms in total. The van der Waals surface area contributed by atoms with Gasteiger partial charge in [0.05, 0.1) is 12.0 Å². The molecule has 1 amide bonds. The maximum absolute atomic E-state index is 13.0. The Balaban J connectivity index is 1.56. The van der Waals surface area contributed by atoms with E-state index in [2.05, 4.69) is 20.6 Å². The van der Waals surface area contributed by atoms with Crippen LogP contribution < -0.4 is 16.4 Å². The number of anilines is 1. The van der Waals surface area contributed by atoms with Crippen molar-refractivity contribution in [2.45, 2.75) is 19.4 Å². The second-order valence-corrected chi connectivity index (χ2v) is 7.34. The summed E-state index contributed by atoms with van der Waals surface area (Å²) in [6.07, 6.45) is 1.51. The van der Waals surface area contributed by atoms with E-state index in [0.29, 0.717) is 22.8 Å². The highest BCUT2D eigenvalue weighted by molar-refractivity contribution is 5.96. The molecule has 9 heteroatoms. The van der Waals surface area contributed by atoms with Crippen LogP contribution in [0.3, 0.4) is 0 Å². The number of nitrogens with one attached hydrogen (secondary N) is 2. The summed E-state index contributed by atoms with van der Waals surface area (Å²) in [6, 6.07) is 16.3. The lowest BCUT2D eigenvalue weighted by molar-refractivity contribution is -0.123. The molecule has 156 valence electrons. The largest absolute Gasteiger partial charge is 0.463 e. The molecule has 4 aromatic rings. The van der Waals surface area contributed by atoms with Crippen LogP contribution in [0, 0.1) is 0 Å². The molecule has 0 saturated carbocycles. The highest BCUT2D eigenvalue weighted by Crippen LogP contribution is 2.22. The van der Waals surface area contributed by atoms with Crippen LogP contribution >= 0.6 is 0 Å². The van der Waals surface area contributed by atoms with E-state index < -0.39 is 17.0 Å². The normalized spacial score (nSPS) is 11.3. The summed E-state index contributed by atoms with van der Waals surface area (Å²) in [4.78, 5) is 36.6. The van der Waals surface area contributed by atoms with Gasteiger partial charge in [0.2, 0.25) is 0 Å². The average molecular weight is 417 g/mol. The number of carbonyl (C=O) groups is 1. The Morgan fingerprint density at radius 2 is 1.74 bits per heavy atom. The molecular weight excluding hydrogens is 398 g/mol. The minimum absolute atomic E-state index is 0.283. The fourth-order valence-electron chi connectivity index (χ4n) is 2.98. The minimum atomic E-state index is -1.27. The Morgan fingerprint density at radius 1 is 1.00 bits per heavy atom. The van der Waals surface area contributed by atoms with Crippen LogP contribution in [-0.2, 0) is 10.3 Å². The molecule has 0 saturated heterocycles. The number of carbonyl (C=O) groups excluding carboxylic acids is 1. The van der Waals surface area contributed by atoms with Gasteiger partial charge in [-0.2, -0.15) is 10.2 Å². The summed E-state index contributed by atoms with van der Waals surface area (Å²) >= 11 is 0. The summed E-state index contributed by atoms with van der Waals surface area (Å²) in [5, 5.41) is 13.5. The Bertz CT molecular complexity index is 1320. The van der Waals surface area contributed by atoms with Gasteiger partial charge >= 0.3 is 0 Å². The molecule has 31 heavy (non-hydrogen) atoms. The Morgan fingerprint density at radius 3 is 2.39 bits per heavy atom. The predicted molar refractivity (Wildman–Crippen MR) is 114 cm³/mol. The number of aromatic nitrogens is 4. The zero-order valence-corrected chi connectivity index (χ0v) is 16.8. The van der Waals surface area contributed by atoms with E-state index in [1.165, 1.54) is 18.4 Å². The van der Waals surface area contributed by atoms with Crippen molar-refractivity contribution in [3.05, 3.63) is 87.6 Å². The zero-order chi connectivity index (χ0) is 22.0. The molecule has 0 aliphatic carbocycles. The van der Waals surface area contributed by atoms with E-state index >= 15 is 0 Å². The van der Waals surface area contributed by atoms with Crippen LogP contribution in [0.4, 0.5) is 5.69 Å². The van der Waals surface area contributed by atoms with Crippen LogP contribution in [0.1, 0.15) is 13.8 Å². The van der Waals surface area contributed by atoms with E-state index in [-0.39, 0.29) is 5.56 Å². The average Bonchev–Trinajstić information content (AvgIpc) is 3.30. The van der Waals surface area contributed by atoms with Crippen LogP contribution in [0.25, 0.3) is 22.7 Å². The molecular formula is C22H19N5O4. The smallest absolute Gasteiger partial charge is 0.267 e. The van der Waals surface area contributed by atoms with E-state index in [4.69, 9.17) is 4.42 Å². The van der Waals surface area contributed by atoms with Gasteiger partial charge in [-0.3, -0.25) is 14.4 Å². The highest BCUT2D eigenvalue weighted by atomic mass is 16.3. The molecule has 0 aliphatic heterocycles. The van der Waals surface area contributed by atoms with Crippen LogP contribution in [0.2, 0.25) is 0 Å².